The first-order valence-corrected chi connectivity index (χ1v) is 6.69. The Morgan fingerprint density at radius 3 is 2.68 bits per heavy atom. The van der Waals surface area contributed by atoms with Gasteiger partial charge in [0, 0.05) is 25.2 Å². The van der Waals surface area contributed by atoms with Crippen molar-refractivity contribution in [3.63, 3.8) is 0 Å². The monoisotopic (exact) mass is 262 g/mol. The highest BCUT2D eigenvalue weighted by Gasteiger charge is 2.41. The number of anilines is 1. The van der Waals surface area contributed by atoms with E-state index >= 15 is 0 Å². The summed E-state index contributed by atoms with van der Waals surface area (Å²) in [6, 6.07) is 6.62. The van der Waals surface area contributed by atoms with Gasteiger partial charge in [0.05, 0.1) is 0 Å². The molecule has 19 heavy (non-hydrogen) atoms. The number of phenols is 1. The summed E-state index contributed by atoms with van der Waals surface area (Å²) >= 11 is 0. The van der Waals surface area contributed by atoms with Gasteiger partial charge in [-0.25, -0.2) is 4.79 Å². The van der Waals surface area contributed by atoms with Gasteiger partial charge in [0.15, 0.2) is 0 Å². The van der Waals surface area contributed by atoms with Crippen LogP contribution in [0.1, 0.15) is 19.3 Å². The van der Waals surface area contributed by atoms with Crippen molar-refractivity contribution < 1.29 is 14.6 Å². The number of phenolic OH excluding ortho intramolecular Hbond substituents is 1. The number of nitrogens with zero attached hydrogens (tertiary/aromatic N) is 1. The summed E-state index contributed by atoms with van der Waals surface area (Å²) in [5, 5.41) is 12.6. The normalized spacial score (nSPS) is 27.4. The average Bonchev–Trinajstić information content (AvgIpc) is 2.41. The SMILES string of the molecule is O=C1OC2(CCCNC2)CCN1c1ccc(O)cc1. The lowest BCUT2D eigenvalue weighted by Crippen LogP contribution is -2.56. The zero-order chi connectivity index (χ0) is 13.3. The second-order valence-corrected chi connectivity index (χ2v) is 5.25. The lowest BCUT2D eigenvalue weighted by molar-refractivity contribution is -0.0211. The molecule has 0 aromatic heterocycles. The number of aromatic hydroxyl groups is 1. The minimum Gasteiger partial charge on any atom is -0.508 e. The van der Waals surface area contributed by atoms with Gasteiger partial charge in [0.2, 0.25) is 0 Å². The Labute approximate surface area is 112 Å². The van der Waals surface area contributed by atoms with Gasteiger partial charge in [0.25, 0.3) is 0 Å². The number of carbonyl (C=O) groups excluding carboxylic acids is 1. The molecule has 1 amide bonds. The van der Waals surface area contributed by atoms with Crippen LogP contribution in [0, 0.1) is 0 Å². The first-order valence-electron chi connectivity index (χ1n) is 6.69. The van der Waals surface area contributed by atoms with Crippen molar-refractivity contribution in [3.05, 3.63) is 24.3 Å². The molecule has 0 radical (unpaired) electrons. The van der Waals surface area contributed by atoms with Crippen molar-refractivity contribution in [3.8, 4) is 5.75 Å². The predicted octanol–water partition coefficient (Wildman–Crippen LogP) is 1.86. The fourth-order valence-electron chi connectivity index (χ4n) is 2.81. The van der Waals surface area contributed by atoms with Crippen LogP contribution in [0.5, 0.6) is 5.75 Å². The van der Waals surface area contributed by atoms with Crippen molar-refractivity contribution in [2.24, 2.45) is 0 Å². The molecule has 2 fully saturated rings. The maximum atomic E-state index is 12.2. The fourth-order valence-corrected chi connectivity index (χ4v) is 2.81. The Morgan fingerprint density at radius 1 is 1.26 bits per heavy atom. The van der Waals surface area contributed by atoms with Crippen LogP contribution in [-0.4, -0.2) is 36.4 Å². The first kappa shape index (κ1) is 12.3. The van der Waals surface area contributed by atoms with Gasteiger partial charge in [-0.3, -0.25) is 4.90 Å². The van der Waals surface area contributed by atoms with Crippen LogP contribution >= 0.6 is 0 Å². The summed E-state index contributed by atoms with van der Waals surface area (Å²) in [6.07, 6.45) is 2.54. The van der Waals surface area contributed by atoms with E-state index in [0.717, 1.165) is 38.0 Å². The zero-order valence-corrected chi connectivity index (χ0v) is 10.8. The van der Waals surface area contributed by atoms with E-state index in [1.54, 1.807) is 29.2 Å². The molecule has 1 aromatic rings. The summed E-state index contributed by atoms with van der Waals surface area (Å²) in [5.41, 5.74) is 0.448. The Hall–Kier alpha value is -1.75. The summed E-state index contributed by atoms with van der Waals surface area (Å²) in [5.74, 6) is 0.196. The molecule has 5 nitrogen and oxygen atoms in total. The average molecular weight is 262 g/mol. The van der Waals surface area contributed by atoms with Crippen LogP contribution in [0.3, 0.4) is 0 Å². The van der Waals surface area contributed by atoms with Crippen LogP contribution in [0.2, 0.25) is 0 Å². The van der Waals surface area contributed by atoms with Gasteiger partial charge < -0.3 is 15.2 Å². The highest BCUT2D eigenvalue weighted by atomic mass is 16.6. The lowest BCUT2D eigenvalue weighted by atomic mass is 9.89. The standard InChI is InChI=1S/C14H18N2O3/c17-12-4-2-11(3-5-12)16-9-7-14(19-13(16)18)6-1-8-15-10-14/h2-5,15,17H,1,6-10H2. The number of nitrogens with one attached hydrogen (secondary N) is 1. The summed E-state index contributed by atoms with van der Waals surface area (Å²) < 4.78 is 5.67. The van der Waals surface area contributed by atoms with Gasteiger partial charge >= 0.3 is 6.09 Å². The predicted molar refractivity (Wildman–Crippen MR) is 71.4 cm³/mol. The molecule has 1 atom stereocenters. The molecular weight excluding hydrogens is 244 g/mol. The van der Waals surface area contributed by atoms with Crippen molar-refractivity contribution in [2.75, 3.05) is 24.5 Å². The fraction of sp³-hybridized carbons (Fsp3) is 0.500. The number of hydrogen-bond donors (Lipinski definition) is 2. The molecule has 2 heterocycles. The Kier molecular flexibility index (Phi) is 3.06. The minimum absolute atomic E-state index is 0.196. The quantitative estimate of drug-likeness (QED) is 0.811. The number of piperidine rings is 1. The van der Waals surface area contributed by atoms with E-state index in [4.69, 9.17) is 4.74 Å². The summed E-state index contributed by atoms with van der Waals surface area (Å²) in [6.45, 7) is 2.41. The molecule has 102 valence electrons. The second-order valence-electron chi connectivity index (χ2n) is 5.25. The number of rotatable bonds is 1. The number of amides is 1. The summed E-state index contributed by atoms with van der Waals surface area (Å²) in [4.78, 5) is 13.8. The van der Waals surface area contributed by atoms with E-state index in [2.05, 4.69) is 5.32 Å². The number of carbonyl (C=O) groups is 1. The van der Waals surface area contributed by atoms with E-state index < -0.39 is 0 Å². The molecule has 1 unspecified atom stereocenters. The maximum Gasteiger partial charge on any atom is 0.414 e. The largest absolute Gasteiger partial charge is 0.508 e. The van der Waals surface area contributed by atoms with Crippen molar-refractivity contribution in [2.45, 2.75) is 24.9 Å². The van der Waals surface area contributed by atoms with E-state index in [9.17, 15) is 9.90 Å². The number of hydrogen-bond acceptors (Lipinski definition) is 4. The molecule has 0 saturated carbocycles. The van der Waals surface area contributed by atoms with Crippen LogP contribution in [-0.2, 0) is 4.74 Å². The maximum absolute atomic E-state index is 12.2. The third kappa shape index (κ3) is 2.38. The third-order valence-electron chi connectivity index (χ3n) is 3.91. The molecule has 0 aliphatic carbocycles. The second kappa shape index (κ2) is 4.74. The molecular formula is C14H18N2O3. The van der Waals surface area contributed by atoms with Crippen LogP contribution in [0.4, 0.5) is 10.5 Å². The third-order valence-corrected chi connectivity index (χ3v) is 3.91. The smallest absolute Gasteiger partial charge is 0.414 e. The molecule has 1 aromatic carbocycles. The Morgan fingerprint density at radius 2 is 2.05 bits per heavy atom. The number of benzene rings is 1. The molecule has 2 aliphatic rings. The van der Waals surface area contributed by atoms with Gasteiger partial charge in [-0.05, 0) is 43.7 Å². The van der Waals surface area contributed by atoms with E-state index in [0.29, 0.717) is 6.54 Å². The molecule has 1 spiro atoms. The minimum atomic E-state index is -0.317. The van der Waals surface area contributed by atoms with Crippen molar-refractivity contribution in [1.82, 2.24) is 5.32 Å². The van der Waals surface area contributed by atoms with Crippen LogP contribution < -0.4 is 10.2 Å². The molecule has 2 N–H and O–H groups in total. The van der Waals surface area contributed by atoms with Crippen LogP contribution in [0.25, 0.3) is 0 Å². The molecule has 2 saturated heterocycles. The lowest BCUT2D eigenvalue weighted by Gasteiger charge is -2.43. The molecule has 0 bridgehead atoms. The van der Waals surface area contributed by atoms with Gasteiger partial charge in [-0.2, -0.15) is 0 Å². The van der Waals surface area contributed by atoms with Crippen molar-refractivity contribution >= 4 is 11.8 Å². The molecule has 3 rings (SSSR count). The van der Waals surface area contributed by atoms with Crippen molar-refractivity contribution in [1.29, 1.82) is 0 Å². The van der Waals surface area contributed by atoms with Gasteiger partial charge in [-0.15, -0.1) is 0 Å². The van der Waals surface area contributed by atoms with Crippen LogP contribution in [0.15, 0.2) is 24.3 Å². The highest BCUT2D eigenvalue weighted by Crippen LogP contribution is 2.32. The highest BCUT2D eigenvalue weighted by molar-refractivity contribution is 5.88. The Balaban J connectivity index is 1.74. The van der Waals surface area contributed by atoms with Gasteiger partial charge in [-0.1, -0.05) is 0 Å². The topological polar surface area (TPSA) is 61.8 Å². The molecule has 5 heteroatoms. The Bertz CT molecular complexity index is 466. The first-order chi connectivity index (χ1) is 9.19. The number of ether oxygens (including phenoxy) is 1. The van der Waals surface area contributed by atoms with E-state index in [1.165, 1.54) is 0 Å². The molecule has 2 aliphatic heterocycles. The van der Waals surface area contributed by atoms with E-state index in [-0.39, 0.29) is 17.4 Å². The van der Waals surface area contributed by atoms with E-state index in [1.807, 2.05) is 0 Å². The van der Waals surface area contributed by atoms with Gasteiger partial charge in [0.1, 0.15) is 11.4 Å². The summed E-state index contributed by atoms with van der Waals surface area (Å²) in [7, 11) is 0. The zero-order valence-electron chi connectivity index (χ0n) is 10.8.